The van der Waals surface area contributed by atoms with Crippen molar-refractivity contribution in [1.82, 2.24) is 0 Å². The predicted molar refractivity (Wildman–Crippen MR) is 186 cm³/mol. The van der Waals surface area contributed by atoms with Crippen molar-refractivity contribution in [3.8, 4) is 23.0 Å². The van der Waals surface area contributed by atoms with Crippen LogP contribution in [-0.2, 0) is 0 Å². The van der Waals surface area contributed by atoms with Gasteiger partial charge in [0, 0.05) is 43.1 Å². The average Bonchev–Trinajstić information content (AvgIpc) is 3.04. The molecule has 0 atom stereocenters. The van der Waals surface area contributed by atoms with Crippen LogP contribution < -0.4 is 18.9 Å². The van der Waals surface area contributed by atoms with Gasteiger partial charge in [-0.25, -0.2) is 0 Å². The third kappa shape index (κ3) is 6.55. The Morgan fingerprint density at radius 2 is 0.614 bits per heavy atom. The van der Waals surface area contributed by atoms with Crippen LogP contribution in [0.4, 0.5) is 0 Å². The second kappa shape index (κ2) is 14.4. The zero-order chi connectivity index (χ0) is 31.1. The maximum atomic E-state index is 6.15. The van der Waals surface area contributed by atoms with E-state index in [2.05, 4.69) is 114 Å². The van der Waals surface area contributed by atoms with Crippen LogP contribution in [0, 0.1) is 0 Å². The third-order valence-corrected chi connectivity index (χ3v) is 7.27. The molecule has 0 bridgehead atoms. The fraction of sp³-hybridized carbons (Fsp3) is 0.300. The molecule has 6 rings (SSSR count). The minimum absolute atomic E-state index is 0.128. The molecule has 44 heavy (non-hydrogen) atoms. The van der Waals surface area contributed by atoms with Gasteiger partial charge in [0.25, 0.3) is 0 Å². The van der Waals surface area contributed by atoms with Gasteiger partial charge in [0.2, 0.25) is 0 Å². The number of ether oxygens (including phenoxy) is 4. The Kier molecular flexibility index (Phi) is 10.1. The second-order valence-corrected chi connectivity index (χ2v) is 11.5. The van der Waals surface area contributed by atoms with Crippen molar-refractivity contribution >= 4 is 43.1 Å². The molecule has 0 aromatic heterocycles. The Hall–Kier alpha value is -4.44. The van der Waals surface area contributed by atoms with E-state index >= 15 is 0 Å². The SMILES string of the molecule is CC(C)Oc1c2ccccc2c(OC(C)C)c2ccccc12.CCCOc1c2ccccc2c(OCCC)c2ccccc12. The number of hydrogen-bond donors (Lipinski definition) is 0. The maximum Gasteiger partial charge on any atom is 0.135 e. The van der Waals surface area contributed by atoms with Crippen LogP contribution in [0.25, 0.3) is 43.1 Å². The molecule has 228 valence electrons. The summed E-state index contributed by atoms with van der Waals surface area (Å²) in [4.78, 5) is 0. The summed E-state index contributed by atoms with van der Waals surface area (Å²) in [6.07, 6.45) is 2.25. The molecule has 0 radical (unpaired) electrons. The van der Waals surface area contributed by atoms with Gasteiger partial charge >= 0.3 is 0 Å². The molecule has 6 aromatic rings. The zero-order valence-corrected chi connectivity index (χ0v) is 26.9. The van der Waals surface area contributed by atoms with Crippen molar-refractivity contribution in [2.75, 3.05) is 13.2 Å². The van der Waals surface area contributed by atoms with Gasteiger partial charge in [-0.1, -0.05) is 111 Å². The lowest BCUT2D eigenvalue weighted by Gasteiger charge is -2.20. The molecule has 0 amide bonds. The maximum absolute atomic E-state index is 6.15. The highest BCUT2D eigenvalue weighted by Crippen LogP contribution is 2.44. The van der Waals surface area contributed by atoms with Crippen LogP contribution in [0.15, 0.2) is 97.1 Å². The van der Waals surface area contributed by atoms with Gasteiger partial charge in [-0.3, -0.25) is 0 Å². The highest BCUT2D eigenvalue weighted by molar-refractivity contribution is 6.12. The number of benzene rings is 6. The van der Waals surface area contributed by atoms with Crippen molar-refractivity contribution in [3.05, 3.63) is 97.1 Å². The Morgan fingerprint density at radius 1 is 0.386 bits per heavy atom. The van der Waals surface area contributed by atoms with E-state index in [9.17, 15) is 0 Å². The Balaban J connectivity index is 0.000000175. The predicted octanol–water partition coefficient (Wildman–Crippen LogP) is 11.1. The minimum atomic E-state index is 0.128. The first-order valence-electron chi connectivity index (χ1n) is 15.9. The molecule has 0 N–H and O–H groups in total. The molecule has 0 heterocycles. The summed E-state index contributed by atoms with van der Waals surface area (Å²) in [5, 5.41) is 8.91. The molecule has 0 saturated carbocycles. The average molecular weight is 589 g/mol. The first-order valence-corrected chi connectivity index (χ1v) is 15.9. The summed E-state index contributed by atoms with van der Waals surface area (Å²) >= 11 is 0. The first-order chi connectivity index (χ1) is 21.4. The molecule has 0 unspecified atom stereocenters. The van der Waals surface area contributed by atoms with Crippen molar-refractivity contribution in [1.29, 1.82) is 0 Å². The Bertz CT molecular complexity index is 1610. The highest BCUT2D eigenvalue weighted by Gasteiger charge is 2.18. The topological polar surface area (TPSA) is 36.9 Å². The molecular formula is C40H44O4. The smallest absolute Gasteiger partial charge is 0.135 e. The minimum Gasteiger partial charge on any atom is -0.492 e. The summed E-state index contributed by atoms with van der Waals surface area (Å²) in [5.74, 6) is 3.82. The highest BCUT2D eigenvalue weighted by atomic mass is 16.5. The van der Waals surface area contributed by atoms with Crippen molar-refractivity contribution in [3.63, 3.8) is 0 Å². The van der Waals surface area contributed by atoms with Crippen LogP contribution >= 0.6 is 0 Å². The lowest BCUT2D eigenvalue weighted by atomic mass is 10.0. The van der Waals surface area contributed by atoms with Crippen molar-refractivity contribution < 1.29 is 18.9 Å². The fourth-order valence-corrected chi connectivity index (χ4v) is 5.54. The molecule has 0 aliphatic carbocycles. The summed E-state index contributed by atoms with van der Waals surface area (Å²) in [7, 11) is 0. The van der Waals surface area contributed by atoms with Crippen LogP contribution in [0.1, 0.15) is 54.4 Å². The van der Waals surface area contributed by atoms with E-state index in [0.717, 1.165) is 92.1 Å². The first kappa shape index (κ1) is 31.0. The van der Waals surface area contributed by atoms with Gasteiger partial charge in [-0.05, 0) is 40.5 Å². The van der Waals surface area contributed by atoms with E-state index in [1.165, 1.54) is 0 Å². The summed E-state index contributed by atoms with van der Waals surface area (Å²) in [6, 6.07) is 33.3. The van der Waals surface area contributed by atoms with Crippen LogP contribution in [-0.4, -0.2) is 25.4 Å². The quantitative estimate of drug-likeness (QED) is 0.149. The van der Waals surface area contributed by atoms with Gasteiger partial charge < -0.3 is 18.9 Å². The van der Waals surface area contributed by atoms with Gasteiger partial charge in [0.1, 0.15) is 23.0 Å². The molecule has 0 aliphatic rings. The Morgan fingerprint density at radius 3 is 0.818 bits per heavy atom. The molecule has 0 spiro atoms. The second-order valence-electron chi connectivity index (χ2n) is 11.5. The van der Waals surface area contributed by atoms with Crippen molar-refractivity contribution in [2.24, 2.45) is 0 Å². The van der Waals surface area contributed by atoms with E-state index in [-0.39, 0.29) is 12.2 Å². The van der Waals surface area contributed by atoms with E-state index in [1.807, 2.05) is 24.3 Å². The zero-order valence-electron chi connectivity index (χ0n) is 26.9. The lowest BCUT2D eigenvalue weighted by molar-refractivity contribution is 0.244. The summed E-state index contributed by atoms with van der Waals surface area (Å²) < 4.78 is 24.5. The van der Waals surface area contributed by atoms with E-state index in [0.29, 0.717) is 0 Å². The van der Waals surface area contributed by atoms with E-state index < -0.39 is 0 Å². The van der Waals surface area contributed by atoms with Gasteiger partial charge in [0.05, 0.1) is 25.4 Å². The molecule has 0 fully saturated rings. The van der Waals surface area contributed by atoms with Gasteiger partial charge in [-0.2, -0.15) is 0 Å². The normalized spacial score (nSPS) is 11.3. The molecule has 0 saturated heterocycles. The summed E-state index contributed by atoms with van der Waals surface area (Å²) in [5.41, 5.74) is 0. The van der Waals surface area contributed by atoms with Crippen LogP contribution in [0.2, 0.25) is 0 Å². The lowest BCUT2D eigenvalue weighted by Crippen LogP contribution is -2.09. The molecule has 4 nitrogen and oxygen atoms in total. The number of hydrogen-bond acceptors (Lipinski definition) is 4. The number of fused-ring (bicyclic) bond motifs is 4. The summed E-state index contributed by atoms with van der Waals surface area (Å²) in [6.45, 7) is 13.9. The van der Waals surface area contributed by atoms with Gasteiger partial charge in [0.15, 0.2) is 0 Å². The largest absolute Gasteiger partial charge is 0.492 e. The van der Waals surface area contributed by atoms with E-state index in [1.54, 1.807) is 0 Å². The van der Waals surface area contributed by atoms with Crippen LogP contribution in [0.5, 0.6) is 23.0 Å². The standard InChI is InChI=1S/2C20H22O2/c1-13(2)21-19-15-9-5-7-11-17(15)20(22-14(3)4)18-12-8-6-10-16(18)19;1-3-13-21-19-15-9-5-7-11-17(15)20(22-14-4-2)18-12-8-6-10-16(18)19/h5-14H,1-4H3;5-12H,3-4,13-14H2,1-2H3. The Labute approximate surface area is 261 Å². The molecule has 4 heteroatoms. The van der Waals surface area contributed by atoms with Crippen LogP contribution in [0.3, 0.4) is 0 Å². The molecule has 6 aromatic carbocycles. The van der Waals surface area contributed by atoms with E-state index in [4.69, 9.17) is 18.9 Å². The molecular weight excluding hydrogens is 544 g/mol. The van der Waals surface area contributed by atoms with Gasteiger partial charge in [-0.15, -0.1) is 0 Å². The third-order valence-electron chi connectivity index (χ3n) is 7.27. The fourth-order valence-electron chi connectivity index (χ4n) is 5.54. The molecule has 0 aliphatic heterocycles. The monoisotopic (exact) mass is 588 g/mol. The van der Waals surface area contributed by atoms with Crippen molar-refractivity contribution in [2.45, 2.75) is 66.6 Å². The number of rotatable bonds is 10.